The second-order valence-corrected chi connectivity index (χ2v) is 3.08. The van der Waals surface area contributed by atoms with E-state index >= 15 is 0 Å². The number of Topliss-reactive ketones (excluding diaryl/α,β-unsaturated/α-hetero) is 1. The zero-order valence-electron chi connectivity index (χ0n) is 7.65. The van der Waals surface area contributed by atoms with Gasteiger partial charge in [0, 0.05) is 10.5 Å². The van der Waals surface area contributed by atoms with Gasteiger partial charge in [-0.15, -0.1) is 12.6 Å². The van der Waals surface area contributed by atoms with Crippen LogP contribution in [0.5, 0.6) is 0 Å². The topological polar surface area (TPSA) is 54.4 Å². The van der Waals surface area contributed by atoms with Crippen LogP contribution < -0.4 is 0 Å². The molecule has 0 fully saturated rings. The number of hydrogen-bond donors (Lipinski definition) is 2. The molecule has 0 radical (unpaired) electrons. The number of carbonyl (C=O) groups excluding carboxylic acids is 1. The van der Waals surface area contributed by atoms with Crippen LogP contribution in [0.2, 0.25) is 0 Å². The number of aromatic carboxylic acids is 1. The third-order valence-electron chi connectivity index (χ3n) is 1.63. The van der Waals surface area contributed by atoms with Gasteiger partial charge in [-0.25, -0.2) is 4.79 Å². The van der Waals surface area contributed by atoms with E-state index in [0.29, 0.717) is 10.5 Å². The van der Waals surface area contributed by atoms with Gasteiger partial charge in [0.25, 0.3) is 0 Å². The second kappa shape index (κ2) is 5.27. The smallest absolute Gasteiger partial charge is 0.478 e. The Morgan fingerprint density at radius 3 is 2.36 bits per heavy atom. The van der Waals surface area contributed by atoms with Crippen molar-refractivity contribution in [1.29, 1.82) is 0 Å². The normalized spacial score (nSPS) is 9.00. The Kier molecular flexibility index (Phi) is 5.02. The molecule has 14 heavy (non-hydrogen) atoms. The van der Waals surface area contributed by atoms with Crippen LogP contribution in [-0.2, 0) is 19.5 Å². The van der Waals surface area contributed by atoms with Crippen LogP contribution >= 0.6 is 12.6 Å². The number of carbonyl (C=O) groups is 2. The molecule has 1 aromatic rings. The summed E-state index contributed by atoms with van der Waals surface area (Å²) in [6.45, 7) is 1.39. The van der Waals surface area contributed by atoms with Gasteiger partial charge >= 0.3 is 25.4 Å². The molecule has 0 heterocycles. The Morgan fingerprint density at radius 2 is 1.93 bits per heavy atom. The number of carboxylic acids is 1. The first-order valence-corrected chi connectivity index (χ1v) is 4.04. The maximum absolute atomic E-state index is 10.9. The van der Waals surface area contributed by atoms with E-state index in [1.165, 1.54) is 19.1 Å². The van der Waals surface area contributed by atoms with Crippen molar-refractivity contribution in [3.63, 3.8) is 0 Å². The van der Waals surface area contributed by atoms with E-state index in [9.17, 15) is 9.59 Å². The van der Waals surface area contributed by atoms with Crippen molar-refractivity contribution in [3.8, 4) is 0 Å². The van der Waals surface area contributed by atoms with Crippen LogP contribution in [-0.4, -0.2) is 16.9 Å². The molecule has 0 saturated carbocycles. The molecule has 0 aromatic heterocycles. The minimum Gasteiger partial charge on any atom is -0.478 e. The molecule has 3 nitrogen and oxygen atoms in total. The molecule has 0 saturated heterocycles. The SMILES string of the molecule is CC(=O)c1ccc(S)c(C(=O)O)c1.[Zn+2]. The minimum absolute atomic E-state index is 0. The molecule has 0 aliphatic heterocycles. The third-order valence-corrected chi connectivity index (χ3v) is 2.02. The van der Waals surface area contributed by atoms with Crippen LogP contribution in [0.1, 0.15) is 27.6 Å². The molecule has 5 heteroatoms. The average molecular weight is 262 g/mol. The quantitative estimate of drug-likeness (QED) is 0.485. The van der Waals surface area contributed by atoms with Crippen molar-refractivity contribution >= 4 is 24.4 Å². The molecule has 0 aliphatic carbocycles. The summed E-state index contributed by atoms with van der Waals surface area (Å²) < 4.78 is 0. The average Bonchev–Trinajstić information content (AvgIpc) is 2.04. The first-order chi connectivity index (χ1) is 6.02. The van der Waals surface area contributed by atoms with Crippen LogP contribution in [0, 0.1) is 0 Å². The fourth-order valence-electron chi connectivity index (χ4n) is 0.926. The summed E-state index contributed by atoms with van der Waals surface area (Å²) in [4.78, 5) is 21.9. The molecule has 0 spiro atoms. The van der Waals surface area contributed by atoms with Gasteiger partial charge in [-0.2, -0.15) is 0 Å². The monoisotopic (exact) mass is 260 g/mol. The summed E-state index contributed by atoms with van der Waals surface area (Å²) >= 11 is 3.96. The summed E-state index contributed by atoms with van der Waals surface area (Å²) in [6, 6.07) is 4.38. The van der Waals surface area contributed by atoms with Crippen molar-refractivity contribution in [1.82, 2.24) is 0 Å². The predicted octanol–water partition coefficient (Wildman–Crippen LogP) is 1.87. The number of ketones is 1. The minimum atomic E-state index is -1.08. The Labute approximate surface area is 99.7 Å². The van der Waals surface area contributed by atoms with Gasteiger partial charge in [0.2, 0.25) is 0 Å². The molecule has 0 unspecified atom stereocenters. The van der Waals surface area contributed by atoms with Gasteiger partial charge in [-0.1, -0.05) is 6.07 Å². The first kappa shape index (κ1) is 13.3. The summed E-state index contributed by atoms with van der Waals surface area (Å²) in [6.07, 6.45) is 0. The molecule has 68 valence electrons. The van der Waals surface area contributed by atoms with Crippen LogP contribution in [0.3, 0.4) is 0 Å². The van der Waals surface area contributed by atoms with E-state index in [4.69, 9.17) is 5.11 Å². The van der Waals surface area contributed by atoms with Gasteiger partial charge in [-0.05, 0) is 19.1 Å². The maximum atomic E-state index is 10.9. The molecular weight excluding hydrogens is 254 g/mol. The van der Waals surface area contributed by atoms with Crippen molar-refractivity contribution in [2.24, 2.45) is 0 Å². The first-order valence-electron chi connectivity index (χ1n) is 3.59. The van der Waals surface area contributed by atoms with Gasteiger partial charge in [-0.3, -0.25) is 4.79 Å². The fraction of sp³-hybridized carbons (Fsp3) is 0.111. The van der Waals surface area contributed by atoms with Crippen LogP contribution in [0.25, 0.3) is 0 Å². The van der Waals surface area contributed by atoms with E-state index in [0.717, 1.165) is 0 Å². The maximum Gasteiger partial charge on any atom is 2.00 e. The molecule has 1 aromatic carbocycles. The summed E-state index contributed by atoms with van der Waals surface area (Å²) in [5.74, 6) is -1.23. The Bertz CT molecular complexity index is 376. The molecule has 0 amide bonds. The molecule has 0 bridgehead atoms. The predicted molar refractivity (Wildman–Crippen MR) is 50.7 cm³/mol. The molecule has 1 rings (SSSR count). The van der Waals surface area contributed by atoms with Crippen molar-refractivity contribution in [2.45, 2.75) is 11.8 Å². The number of thiol groups is 1. The standard InChI is InChI=1S/C9H8O3S.Zn/c1-5(10)6-2-3-8(13)7(4-6)9(11)12;/h2-4,13H,1H3,(H,11,12);/q;+2. The largest absolute Gasteiger partial charge is 2.00 e. The van der Waals surface area contributed by atoms with Gasteiger partial charge in [0.05, 0.1) is 5.56 Å². The summed E-state index contributed by atoms with van der Waals surface area (Å²) in [7, 11) is 0. The fourth-order valence-corrected chi connectivity index (χ4v) is 1.16. The van der Waals surface area contributed by atoms with E-state index in [1.54, 1.807) is 6.07 Å². The van der Waals surface area contributed by atoms with Crippen molar-refractivity contribution < 1.29 is 34.2 Å². The number of benzene rings is 1. The van der Waals surface area contributed by atoms with E-state index in [1.807, 2.05) is 0 Å². The Hall–Kier alpha value is -0.667. The Balaban J connectivity index is 0.00000169. The van der Waals surface area contributed by atoms with Crippen molar-refractivity contribution in [3.05, 3.63) is 29.3 Å². The molecule has 0 aliphatic rings. The molecule has 1 N–H and O–H groups in total. The third kappa shape index (κ3) is 2.93. The summed E-state index contributed by atoms with van der Waals surface area (Å²) in [5.41, 5.74) is 0.436. The van der Waals surface area contributed by atoms with E-state index < -0.39 is 5.97 Å². The van der Waals surface area contributed by atoms with Gasteiger partial charge < -0.3 is 5.11 Å². The number of carboxylic acid groups (broad SMARTS) is 1. The number of hydrogen-bond acceptors (Lipinski definition) is 3. The van der Waals surface area contributed by atoms with Crippen LogP contribution in [0.4, 0.5) is 0 Å². The Morgan fingerprint density at radius 1 is 1.36 bits per heavy atom. The van der Waals surface area contributed by atoms with Crippen molar-refractivity contribution in [2.75, 3.05) is 0 Å². The zero-order chi connectivity index (χ0) is 10.0. The van der Waals surface area contributed by atoms with Crippen LogP contribution in [0.15, 0.2) is 23.1 Å². The zero-order valence-corrected chi connectivity index (χ0v) is 11.5. The second-order valence-electron chi connectivity index (χ2n) is 2.59. The van der Waals surface area contributed by atoms with Gasteiger partial charge in [0.15, 0.2) is 5.78 Å². The summed E-state index contributed by atoms with van der Waals surface area (Å²) in [5, 5.41) is 8.71. The van der Waals surface area contributed by atoms with E-state index in [2.05, 4.69) is 12.6 Å². The number of rotatable bonds is 2. The van der Waals surface area contributed by atoms with Gasteiger partial charge in [0.1, 0.15) is 0 Å². The van der Waals surface area contributed by atoms with E-state index in [-0.39, 0.29) is 30.8 Å². The molecule has 0 atom stereocenters. The molecular formula is C9H8O3SZn+2.